The normalized spacial score (nSPS) is 23.4. The molecule has 0 aliphatic carbocycles. The minimum absolute atomic E-state index is 0.283. The number of aliphatic hydroxyl groups excluding tert-OH is 1. The Hall–Kier alpha value is -1.40. The van der Waals surface area contributed by atoms with Crippen LogP contribution < -0.4 is 0 Å². The highest BCUT2D eigenvalue weighted by atomic mass is 16.3. The van der Waals surface area contributed by atoms with Crippen LogP contribution in [0.15, 0.2) is 24.3 Å². The molecule has 0 radical (unpaired) electrons. The van der Waals surface area contributed by atoms with Crippen molar-refractivity contribution in [1.82, 2.24) is 19.7 Å². The fourth-order valence-corrected chi connectivity index (χ4v) is 5.42. The molecule has 5 heteroatoms. The number of aromatic nitrogens is 1. The Kier molecular flexibility index (Phi) is 6.60. The summed E-state index contributed by atoms with van der Waals surface area (Å²) in [4.78, 5) is 11.5. The number of benzene rings is 1. The number of likely N-dealkylation sites (tertiary alicyclic amines) is 1. The average Bonchev–Trinajstić information content (AvgIpc) is 3.04. The molecule has 2 aromatic rings. The van der Waals surface area contributed by atoms with E-state index in [9.17, 15) is 5.11 Å². The van der Waals surface area contributed by atoms with Crippen LogP contribution in [0.5, 0.6) is 0 Å². The van der Waals surface area contributed by atoms with Crippen molar-refractivity contribution >= 4 is 10.9 Å². The number of aliphatic hydroxyl groups is 1. The van der Waals surface area contributed by atoms with Crippen molar-refractivity contribution in [2.24, 2.45) is 0 Å². The molecule has 1 unspecified atom stereocenters. The molecule has 2 saturated heterocycles. The van der Waals surface area contributed by atoms with Gasteiger partial charge in [-0.2, -0.15) is 0 Å². The topological polar surface area (TPSA) is 45.7 Å². The minimum atomic E-state index is 0.283. The molecule has 29 heavy (non-hydrogen) atoms. The summed E-state index contributed by atoms with van der Waals surface area (Å²) in [5, 5.41) is 11.0. The molecule has 3 heterocycles. The van der Waals surface area contributed by atoms with E-state index in [1.807, 2.05) is 0 Å². The fourth-order valence-electron chi connectivity index (χ4n) is 5.42. The van der Waals surface area contributed by atoms with E-state index >= 15 is 0 Å². The average molecular weight is 399 g/mol. The van der Waals surface area contributed by atoms with Gasteiger partial charge in [-0.3, -0.25) is 9.80 Å². The predicted octanol–water partition coefficient (Wildman–Crippen LogP) is 3.22. The number of nitrogens with zero attached hydrogens (tertiary/aromatic N) is 3. The molecule has 2 aliphatic heterocycles. The second-order valence-electron chi connectivity index (χ2n) is 9.27. The quantitative estimate of drug-likeness (QED) is 0.784. The van der Waals surface area contributed by atoms with E-state index < -0.39 is 0 Å². The zero-order chi connectivity index (χ0) is 20.4. The highest BCUT2D eigenvalue weighted by Crippen LogP contribution is 2.27. The minimum Gasteiger partial charge on any atom is -0.396 e. The summed E-state index contributed by atoms with van der Waals surface area (Å²) in [7, 11) is 0. The largest absolute Gasteiger partial charge is 0.396 e. The van der Waals surface area contributed by atoms with Crippen molar-refractivity contribution in [1.29, 1.82) is 0 Å². The standard InChI is InChI=1S/C24H38N4O/c1-18(2)27-11-8-20(9-12-27)28-14-13-26(16-21(28)10-15-29)17-24-19(3)22-6-4-5-7-23(22)25-24/h4-7,18,20-21,25,29H,8-17H2,1-3H3. The van der Waals surface area contributed by atoms with E-state index in [1.54, 1.807) is 0 Å². The van der Waals surface area contributed by atoms with E-state index in [0.29, 0.717) is 18.1 Å². The Morgan fingerprint density at radius 1 is 1.10 bits per heavy atom. The Labute approximate surface area is 175 Å². The van der Waals surface area contributed by atoms with Crippen LogP contribution in [0.25, 0.3) is 10.9 Å². The number of aromatic amines is 1. The van der Waals surface area contributed by atoms with Gasteiger partial charge in [-0.05, 0) is 64.8 Å². The molecule has 4 rings (SSSR count). The Morgan fingerprint density at radius 2 is 1.86 bits per heavy atom. The first kappa shape index (κ1) is 20.9. The van der Waals surface area contributed by atoms with Crippen LogP contribution in [-0.4, -0.2) is 82.2 Å². The van der Waals surface area contributed by atoms with Gasteiger partial charge in [0.05, 0.1) is 0 Å². The number of rotatable bonds is 6. The maximum absolute atomic E-state index is 9.71. The lowest BCUT2D eigenvalue weighted by atomic mass is 9.97. The van der Waals surface area contributed by atoms with Crippen LogP contribution in [0.4, 0.5) is 0 Å². The van der Waals surface area contributed by atoms with Crippen molar-refractivity contribution in [3.63, 3.8) is 0 Å². The van der Waals surface area contributed by atoms with Crippen molar-refractivity contribution in [3.05, 3.63) is 35.5 Å². The lowest BCUT2D eigenvalue weighted by molar-refractivity contribution is -0.000331. The van der Waals surface area contributed by atoms with E-state index in [-0.39, 0.29) is 6.61 Å². The summed E-state index contributed by atoms with van der Waals surface area (Å²) in [6, 6.07) is 10.4. The van der Waals surface area contributed by atoms with Crippen LogP contribution in [0.3, 0.4) is 0 Å². The van der Waals surface area contributed by atoms with E-state index in [2.05, 4.69) is 64.7 Å². The highest BCUT2D eigenvalue weighted by molar-refractivity contribution is 5.84. The summed E-state index contributed by atoms with van der Waals surface area (Å²) >= 11 is 0. The molecule has 160 valence electrons. The number of hydrogen-bond donors (Lipinski definition) is 2. The maximum atomic E-state index is 9.71. The predicted molar refractivity (Wildman–Crippen MR) is 120 cm³/mol. The third-order valence-electron chi connectivity index (χ3n) is 7.22. The molecular formula is C24H38N4O. The summed E-state index contributed by atoms with van der Waals surface area (Å²) in [5.74, 6) is 0. The van der Waals surface area contributed by atoms with Crippen LogP contribution in [-0.2, 0) is 6.54 Å². The summed E-state index contributed by atoms with van der Waals surface area (Å²) in [6.45, 7) is 13.8. The number of H-pyrrole nitrogens is 1. The Balaban J connectivity index is 1.40. The zero-order valence-electron chi connectivity index (χ0n) is 18.4. The Bertz CT molecular complexity index is 793. The summed E-state index contributed by atoms with van der Waals surface area (Å²) < 4.78 is 0. The molecule has 0 saturated carbocycles. The van der Waals surface area contributed by atoms with Gasteiger partial charge >= 0.3 is 0 Å². The monoisotopic (exact) mass is 398 g/mol. The number of hydrogen-bond acceptors (Lipinski definition) is 4. The van der Waals surface area contributed by atoms with Crippen LogP contribution in [0.2, 0.25) is 0 Å². The van der Waals surface area contributed by atoms with E-state index in [4.69, 9.17) is 0 Å². The lowest BCUT2D eigenvalue weighted by Crippen LogP contribution is -2.58. The van der Waals surface area contributed by atoms with Crippen molar-refractivity contribution in [3.8, 4) is 0 Å². The van der Waals surface area contributed by atoms with Crippen LogP contribution in [0.1, 0.15) is 44.4 Å². The first-order valence-corrected chi connectivity index (χ1v) is 11.5. The van der Waals surface area contributed by atoms with Crippen LogP contribution >= 0.6 is 0 Å². The maximum Gasteiger partial charge on any atom is 0.0459 e. The van der Waals surface area contributed by atoms with Gasteiger partial charge in [0, 0.05) is 67.5 Å². The Morgan fingerprint density at radius 3 is 2.55 bits per heavy atom. The molecule has 1 aromatic carbocycles. The molecule has 0 amide bonds. The summed E-state index contributed by atoms with van der Waals surface area (Å²) in [6.07, 6.45) is 3.41. The third kappa shape index (κ3) is 4.53. The molecule has 5 nitrogen and oxygen atoms in total. The number of piperazine rings is 1. The number of piperidine rings is 1. The lowest BCUT2D eigenvalue weighted by Gasteiger charge is -2.48. The summed E-state index contributed by atoms with van der Waals surface area (Å²) in [5.41, 5.74) is 3.96. The number of nitrogens with one attached hydrogen (secondary N) is 1. The molecule has 2 aliphatic rings. The van der Waals surface area contributed by atoms with Crippen molar-refractivity contribution < 1.29 is 5.11 Å². The first-order valence-electron chi connectivity index (χ1n) is 11.5. The molecule has 1 atom stereocenters. The molecule has 0 bridgehead atoms. The zero-order valence-corrected chi connectivity index (χ0v) is 18.4. The molecule has 2 fully saturated rings. The highest BCUT2D eigenvalue weighted by Gasteiger charge is 2.34. The van der Waals surface area contributed by atoms with Crippen molar-refractivity contribution in [2.75, 3.05) is 39.3 Å². The number of aryl methyl sites for hydroxylation is 1. The third-order valence-corrected chi connectivity index (χ3v) is 7.22. The SMILES string of the molecule is Cc1c(CN2CCN(C3CCN(C(C)C)CC3)C(CCO)C2)[nH]c2ccccc12. The molecular weight excluding hydrogens is 360 g/mol. The van der Waals surface area contributed by atoms with E-state index in [1.165, 1.54) is 48.1 Å². The van der Waals surface area contributed by atoms with Gasteiger partial charge in [0.15, 0.2) is 0 Å². The van der Waals surface area contributed by atoms with Gasteiger partial charge in [-0.25, -0.2) is 0 Å². The second-order valence-corrected chi connectivity index (χ2v) is 9.27. The van der Waals surface area contributed by atoms with Crippen molar-refractivity contribution in [2.45, 2.75) is 64.7 Å². The van der Waals surface area contributed by atoms with Gasteiger partial charge in [0.25, 0.3) is 0 Å². The van der Waals surface area contributed by atoms with Gasteiger partial charge < -0.3 is 15.0 Å². The number of fused-ring (bicyclic) bond motifs is 1. The molecule has 2 N–H and O–H groups in total. The van der Waals surface area contributed by atoms with Gasteiger partial charge in [0.2, 0.25) is 0 Å². The molecule has 1 aromatic heterocycles. The first-order chi connectivity index (χ1) is 14.1. The number of para-hydroxylation sites is 1. The van der Waals surface area contributed by atoms with Crippen LogP contribution in [0, 0.1) is 6.92 Å². The molecule has 0 spiro atoms. The smallest absolute Gasteiger partial charge is 0.0459 e. The second kappa shape index (κ2) is 9.17. The van der Waals surface area contributed by atoms with Gasteiger partial charge in [0.1, 0.15) is 0 Å². The van der Waals surface area contributed by atoms with E-state index in [0.717, 1.165) is 32.6 Å². The fraction of sp³-hybridized carbons (Fsp3) is 0.667. The van der Waals surface area contributed by atoms with Gasteiger partial charge in [-0.15, -0.1) is 0 Å². The van der Waals surface area contributed by atoms with Gasteiger partial charge in [-0.1, -0.05) is 18.2 Å².